The zero-order valence-corrected chi connectivity index (χ0v) is 13.5. The van der Waals surface area contributed by atoms with Crippen molar-refractivity contribution < 1.29 is 0 Å². The van der Waals surface area contributed by atoms with Crippen LogP contribution in [0.4, 0.5) is 5.82 Å². The van der Waals surface area contributed by atoms with Gasteiger partial charge in [-0.1, -0.05) is 38.1 Å². The molecule has 1 aliphatic rings. The smallest absolute Gasteiger partial charge is 0.128 e. The molecule has 1 aromatic heterocycles. The predicted molar refractivity (Wildman–Crippen MR) is 87.9 cm³/mol. The van der Waals surface area contributed by atoms with Crippen LogP contribution in [0, 0.1) is 19.8 Å². The molecule has 0 fully saturated rings. The first-order valence-corrected chi connectivity index (χ1v) is 7.94. The molecule has 1 aliphatic heterocycles. The van der Waals surface area contributed by atoms with Gasteiger partial charge in [0.15, 0.2) is 0 Å². The van der Waals surface area contributed by atoms with Crippen LogP contribution in [0.2, 0.25) is 0 Å². The Morgan fingerprint density at radius 1 is 1.24 bits per heavy atom. The average molecular weight is 283 g/mol. The topological polar surface area (TPSA) is 29.9 Å². The summed E-state index contributed by atoms with van der Waals surface area (Å²) in [5.74, 6) is 1.90. The number of hydrogen-bond donors (Lipinski definition) is 1. The molecule has 3 nitrogen and oxygen atoms in total. The molecule has 0 saturated heterocycles. The second-order valence-corrected chi connectivity index (χ2v) is 6.57. The van der Waals surface area contributed by atoms with E-state index in [1.165, 1.54) is 22.5 Å². The molecule has 0 saturated carbocycles. The van der Waals surface area contributed by atoms with Crippen molar-refractivity contribution in [2.24, 2.45) is 5.92 Å². The summed E-state index contributed by atoms with van der Waals surface area (Å²) in [4.78, 5) is 0. The normalized spacial score (nSPS) is 17.7. The van der Waals surface area contributed by atoms with Gasteiger partial charge >= 0.3 is 0 Å². The van der Waals surface area contributed by atoms with Crippen LogP contribution >= 0.6 is 0 Å². The van der Waals surface area contributed by atoms with E-state index in [0.717, 1.165) is 25.1 Å². The first-order valence-electron chi connectivity index (χ1n) is 7.94. The van der Waals surface area contributed by atoms with E-state index < -0.39 is 0 Å². The van der Waals surface area contributed by atoms with Crippen LogP contribution in [-0.2, 0) is 6.42 Å². The summed E-state index contributed by atoms with van der Waals surface area (Å²) in [6, 6.07) is 9.48. The van der Waals surface area contributed by atoms with Crippen molar-refractivity contribution in [2.75, 3.05) is 11.9 Å². The average Bonchev–Trinajstić information content (AvgIpc) is 2.75. The molecule has 0 aliphatic carbocycles. The van der Waals surface area contributed by atoms with Gasteiger partial charge in [-0.15, -0.1) is 0 Å². The monoisotopic (exact) mass is 283 g/mol. The fourth-order valence-corrected chi connectivity index (χ4v) is 3.17. The first kappa shape index (κ1) is 14.2. The van der Waals surface area contributed by atoms with Gasteiger partial charge in [0.2, 0.25) is 0 Å². The molecule has 2 aromatic rings. The fourth-order valence-electron chi connectivity index (χ4n) is 3.17. The van der Waals surface area contributed by atoms with Crippen molar-refractivity contribution in [2.45, 2.75) is 46.6 Å². The Morgan fingerprint density at radius 3 is 2.62 bits per heavy atom. The summed E-state index contributed by atoms with van der Waals surface area (Å²) in [5.41, 5.74) is 5.19. The minimum atomic E-state index is 0.363. The third-order valence-electron chi connectivity index (χ3n) is 4.40. The Kier molecular flexibility index (Phi) is 3.75. The SMILES string of the molecule is Cc1nn2c(c1C)NCCC2c1ccc(CC(C)C)cc1. The number of hydrogen-bond acceptors (Lipinski definition) is 2. The molecule has 0 spiro atoms. The number of rotatable bonds is 3. The number of anilines is 1. The van der Waals surface area contributed by atoms with E-state index in [9.17, 15) is 0 Å². The number of aromatic nitrogens is 2. The molecule has 2 heterocycles. The van der Waals surface area contributed by atoms with Gasteiger partial charge < -0.3 is 5.32 Å². The van der Waals surface area contributed by atoms with Gasteiger partial charge in [0.05, 0.1) is 11.7 Å². The quantitative estimate of drug-likeness (QED) is 0.919. The minimum Gasteiger partial charge on any atom is -0.370 e. The van der Waals surface area contributed by atoms with Crippen molar-refractivity contribution in [3.8, 4) is 0 Å². The predicted octanol–water partition coefficient (Wildman–Crippen LogP) is 4.10. The van der Waals surface area contributed by atoms with Gasteiger partial charge in [-0.2, -0.15) is 5.10 Å². The van der Waals surface area contributed by atoms with Gasteiger partial charge in [-0.05, 0) is 43.7 Å². The lowest BCUT2D eigenvalue weighted by Crippen LogP contribution is -2.24. The number of fused-ring (bicyclic) bond motifs is 1. The molecule has 3 rings (SSSR count). The van der Waals surface area contributed by atoms with Gasteiger partial charge in [-0.3, -0.25) is 0 Å². The van der Waals surface area contributed by atoms with E-state index in [1.807, 2.05) is 0 Å². The number of aryl methyl sites for hydroxylation is 1. The zero-order valence-electron chi connectivity index (χ0n) is 13.5. The van der Waals surface area contributed by atoms with Crippen LogP contribution in [0.3, 0.4) is 0 Å². The maximum Gasteiger partial charge on any atom is 0.128 e. The summed E-state index contributed by atoms with van der Waals surface area (Å²) in [7, 11) is 0. The van der Waals surface area contributed by atoms with Gasteiger partial charge in [0.25, 0.3) is 0 Å². The Labute approximate surface area is 127 Å². The summed E-state index contributed by atoms with van der Waals surface area (Å²) < 4.78 is 2.17. The van der Waals surface area contributed by atoms with E-state index in [4.69, 9.17) is 5.10 Å². The minimum absolute atomic E-state index is 0.363. The summed E-state index contributed by atoms with van der Waals surface area (Å²) in [6.07, 6.45) is 2.24. The van der Waals surface area contributed by atoms with E-state index in [2.05, 4.69) is 62.0 Å². The van der Waals surface area contributed by atoms with Crippen LogP contribution in [0.25, 0.3) is 0 Å². The Bertz CT molecular complexity index is 623. The van der Waals surface area contributed by atoms with Crippen molar-refractivity contribution in [1.29, 1.82) is 0 Å². The summed E-state index contributed by atoms with van der Waals surface area (Å²) >= 11 is 0. The molecule has 3 heteroatoms. The Hall–Kier alpha value is -1.77. The Balaban J connectivity index is 1.90. The van der Waals surface area contributed by atoms with Crippen molar-refractivity contribution in [1.82, 2.24) is 9.78 Å². The number of nitrogens with one attached hydrogen (secondary N) is 1. The highest BCUT2D eigenvalue weighted by Gasteiger charge is 2.24. The van der Waals surface area contributed by atoms with Crippen molar-refractivity contribution in [3.63, 3.8) is 0 Å². The van der Waals surface area contributed by atoms with Crippen LogP contribution in [0.1, 0.15) is 48.7 Å². The molecule has 0 amide bonds. The van der Waals surface area contributed by atoms with Crippen LogP contribution < -0.4 is 5.32 Å². The summed E-state index contributed by atoms with van der Waals surface area (Å²) in [6.45, 7) is 9.79. The summed E-state index contributed by atoms with van der Waals surface area (Å²) in [5, 5.41) is 8.22. The van der Waals surface area contributed by atoms with Crippen LogP contribution in [-0.4, -0.2) is 16.3 Å². The second-order valence-electron chi connectivity index (χ2n) is 6.57. The number of nitrogens with zero attached hydrogens (tertiary/aromatic N) is 2. The molecular formula is C18H25N3. The van der Waals surface area contributed by atoms with Gasteiger partial charge in [0.1, 0.15) is 5.82 Å². The van der Waals surface area contributed by atoms with Crippen molar-refractivity contribution >= 4 is 5.82 Å². The van der Waals surface area contributed by atoms with Crippen LogP contribution in [0.15, 0.2) is 24.3 Å². The maximum atomic E-state index is 4.73. The number of benzene rings is 1. The highest BCUT2D eigenvalue weighted by Crippen LogP contribution is 2.32. The van der Waals surface area contributed by atoms with E-state index in [-0.39, 0.29) is 0 Å². The Morgan fingerprint density at radius 2 is 1.95 bits per heavy atom. The zero-order chi connectivity index (χ0) is 15.0. The lowest BCUT2D eigenvalue weighted by molar-refractivity contribution is 0.479. The fraction of sp³-hybridized carbons (Fsp3) is 0.500. The molecular weight excluding hydrogens is 258 g/mol. The molecule has 112 valence electrons. The first-order chi connectivity index (χ1) is 10.1. The molecule has 1 aromatic carbocycles. The van der Waals surface area contributed by atoms with Gasteiger partial charge in [-0.25, -0.2) is 4.68 Å². The molecule has 1 atom stereocenters. The molecule has 1 unspecified atom stereocenters. The third kappa shape index (κ3) is 2.69. The molecule has 0 radical (unpaired) electrons. The molecule has 1 N–H and O–H groups in total. The maximum absolute atomic E-state index is 4.73. The van der Waals surface area contributed by atoms with E-state index in [1.54, 1.807) is 0 Å². The largest absolute Gasteiger partial charge is 0.370 e. The third-order valence-corrected chi connectivity index (χ3v) is 4.40. The molecule has 21 heavy (non-hydrogen) atoms. The van der Waals surface area contributed by atoms with Crippen molar-refractivity contribution in [3.05, 3.63) is 46.6 Å². The lowest BCUT2D eigenvalue weighted by Gasteiger charge is -2.26. The highest BCUT2D eigenvalue weighted by molar-refractivity contribution is 5.49. The standard InChI is InChI=1S/C18H25N3/c1-12(2)11-15-5-7-16(8-6-15)17-9-10-19-18-13(3)14(4)20-21(17)18/h5-8,12,17,19H,9-11H2,1-4H3. The van der Waals surface area contributed by atoms with E-state index in [0.29, 0.717) is 12.0 Å². The van der Waals surface area contributed by atoms with E-state index >= 15 is 0 Å². The lowest BCUT2D eigenvalue weighted by atomic mass is 9.97. The van der Waals surface area contributed by atoms with Gasteiger partial charge in [0, 0.05) is 12.1 Å². The highest BCUT2D eigenvalue weighted by atomic mass is 15.4. The molecule has 0 bridgehead atoms. The second kappa shape index (κ2) is 5.55. The van der Waals surface area contributed by atoms with Crippen LogP contribution in [0.5, 0.6) is 0 Å².